The maximum atomic E-state index is 13.7. The smallest absolute Gasteiger partial charge is 0.403 e. The summed E-state index contributed by atoms with van der Waals surface area (Å²) in [6.07, 6.45) is -4.00. The molecule has 0 radical (unpaired) electrons. The molecular formula is C20H19F4N7O3S. The molecule has 0 aliphatic carbocycles. The van der Waals surface area contributed by atoms with Gasteiger partial charge in [-0.1, -0.05) is 17.4 Å². The molecule has 1 saturated heterocycles. The molecular weight excluding hydrogens is 494 g/mol. The van der Waals surface area contributed by atoms with Gasteiger partial charge in [-0.15, -0.1) is 28.5 Å². The van der Waals surface area contributed by atoms with Gasteiger partial charge in [0.1, 0.15) is 0 Å². The van der Waals surface area contributed by atoms with E-state index in [9.17, 15) is 22.4 Å². The molecule has 10 nitrogen and oxygen atoms in total. The van der Waals surface area contributed by atoms with Crippen molar-refractivity contribution in [2.24, 2.45) is 0 Å². The van der Waals surface area contributed by atoms with Gasteiger partial charge >= 0.3 is 6.36 Å². The Balaban J connectivity index is 1.37. The van der Waals surface area contributed by atoms with E-state index in [1.165, 1.54) is 7.11 Å². The van der Waals surface area contributed by atoms with Gasteiger partial charge in [-0.05, 0) is 36.2 Å². The Bertz CT molecular complexity index is 1170. The fourth-order valence-electron chi connectivity index (χ4n) is 3.51. The number of hydrogen-bond acceptors (Lipinski definition) is 10. The van der Waals surface area contributed by atoms with Crippen molar-refractivity contribution in [2.45, 2.75) is 24.9 Å². The Morgan fingerprint density at radius 1 is 1.23 bits per heavy atom. The molecule has 0 saturated carbocycles. The molecule has 3 heterocycles. The van der Waals surface area contributed by atoms with Crippen LogP contribution in [0.15, 0.2) is 36.5 Å². The Labute approximate surface area is 200 Å². The maximum Gasteiger partial charge on any atom is 0.573 e. The number of amides is 1. The summed E-state index contributed by atoms with van der Waals surface area (Å²) < 4.78 is 60.0. The zero-order valence-electron chi connectivity index (χ0n) is 18.1. The molecule has 1 amide bonds. The second-order valence-corrected chi connectivity index (χ2v) is 8.39. The van der Waals surface area contributed by atoms with Crippen molar-refractivity contribution in [3.05, 3.63) is 47.9 Å². The molecule has 2 unspecified atom stereocenters. The number of nitrogens with zero attached hydrogens (tertiary/aromatic N) is 5. The van der Waals surface area contributed by atoms with Crippen molar-refractivity contribution >= 4 is 33.3 Å². The van der Waals surface area contributed by atoms with Crippen molar-refractivity contribution in [2.75, 3.05) is 35.7 Å². The van der Waals surface area contributed by atoms with E-state index >= 15 is 0 Å². The highest BCUT2D eigenvalue weighted by molar-refractivity contribution is 7.19. The summed E-state index contributed by atoms with van der Waals surface area (Å²) in [5.41, 5.74) is -0.0384. The lowest BCUT2D eigenvalue weighted by molar-refractivity contribution is -0.275. The molecule has 1 aliphatic heterocycles. The minimum atomic E-state index is -5.09. The SMILES string of the molecule is COC(C(=O)Nc1nnc(NC2CCN(c3cccnn3)C2)s1)c1ccc(F)c(OC(F)(F)F)c1. The number of hydrogen-bond donors (Lipinski definition) is 2. The van der Waals surface area contributed by atoms with Gasteiger partial charge in [-0.25, -0.2) is 4.39 Å². The van der Waals surface area contributed by atoms with Crippen LogP contribution in [0.5, 0.6) is 5.75 Å². The van der Waals surface area contributed by atoms with Crippen molar-refractivity contribution in [1.29, 1.82) is 0 Å². The third kappa shape index (κ3) is 6.30. The van der Waals surface area contributed by atoms with Crippen LogP contribution in [0.3, 0.4) is 0 Å². The standard InChI is InChI=1S/C20H19F4N7O3S/c1-33-16(11-4-5-13(21)14(9-11)34-20(22,23)24)17(32)27-19-30-29-18(35-19)26-12-6-8-31(10-12)15-3-2-7-25-28-15/h2-5,7,9,12,16H,6,8,10H2,1H3,(H,26,29)(H,27,30,32). The van der Waals surface area contributed by atoms with E-state index in [1.54, 1.807) is 6.20 Å². The van der Waals surface area contributed by atoms with Crippen molar-refractivity contribution in [3.63, 3.8) is 0 Å². The minimum Gasteiger partial charge on any atom is -0.403 e. The van der Waals surface area contributed by atoms with Crippen LogP contribution in [-0.2, 0) is 9.53 Å². The second kappa shape index (κ2) is 10.4. The topological polar surface area (TPSA) is 114 Å². The number of anilines is 3. The van der Waals surface area contributed by atoms with Gasteiger partial charge < -0.3 is 19.7 Å². The fraction of sp³-hybridized carbons (Fsp3) is 0.350. The van der Waals surface area contributed by atoms with E-state index in [1.807, 2.05) is 12.1 Å². The summed E-state index contributed by atoms with van der Waals surface area (Å²) in [5.74, 6) is -2.25. The van der Waals surface area contributed by atoms with Crippen LogP contribution >= 0.6 is 11.3 Å². The molecule has 1 aromatic carbocycles. The van der Waals surface area contributed by atoms with Crippen molar-refractivity contribution in [1.82, 2.24) is 20.4 Å². The maximum absolute atomic E-state index is 13.7. The van der Waals surface area contributed by atoms with E-state index in [2.05, 4.69) is 40.7 Å². The van der Waals surface area contributed by atoms with E-state index < -0.39 is 29.9 Å². The second-order valence-electron chi connectivity index (χ2n) is 7.41. The number of halogens is 4. The van der Waals surface area contributed by atoms with Gasteiger partial charge in [0.15, 0.2) is 23.5 Å². The Hall–Kier alpha value is -3.59. The minimum absolute atomic E-state index is 0.0384. The summed E-state index contributed by atoms with van der Waals surface area (Å²) in [6.45, 7) is 1.46. The number of ether oxygens (including phenoxy) is 2. The quantitative estimate of drug-likeness (QED) is 0.438. The van der Waals surface area contributed by atoms with Crippen LogP contribution in [0, 0.1) is 5.82 Å². The zero-order valence-corrected chi connectivity index (χ0v) is 18.9. The average Bonchev–Trinajstić information content (AvgIpc) is 3.46. The molecule has 2 atom stereocenters. The number of methoxy groups -OCH3 is 1. The van der Waals surface area contributed by atoms with Crippen LogP contribution in [-0.4, -0.2) is 58.9 Å². The van der Waals surface area contributed by atoms with Gasteiger partial charge in [0, 0.05) is 32.4 Å². The number of nitrogens with one attached hydrogen (secondary N) is 2. The molecule has 15 heteroatoms. The van der Waals surface area contributed by atoms with Gasteiger partial charge in [0.25, 0.3) is 5.91 Å². The number of benzene rings is 1. The first kappa shape index (κ1) is 24.5. The first-order valence-corrected chi connectivity index (χ1v) is 11.0. The molecule has 1 aliphatic rings. The van der Waals surface area contributed by atoms with Crippen LogP contribution in [0.25, 0.3) is 0 Å². The number of carbonyl (C=O) groups is 1. The van der Waals surface area contributed by atoms with Gasteiger partial charge in [-0.2, -0.15) is 5.10 Å². The van der Waals surface area contributed by atoms with Gasteiger partial charge in [-0.3, -0.25) is 10.1 Å². The highest BCUT2D eigenvalue weighted by Crippen LogP contribution is 2.31. The van der Waals surface area contributed by atoms with Crippen molar-refractivity contribution < 1.29 is 31.8 Å². The number of aromatic nitrogens is 4. The molecule has 2 aromatic heterocycles. The monoisotopic (exact) mass is 513 g/mol. The van der Waals surface area contributed by atoms with Crippen LogP contribution in [0.4, 0.5) is 33.6 Å². The lowest BCUT2D eigenvalue weighted by Crippen LogP contribution is -2.26. The summed E-state index contributed by atoms with van der Waals surface area (Å²) in [6, 6.07) is 6.40. The highest BCUT2D eigenvalue weighted by atomic mass is 32.1. The molecule has 2 N–H and O–H groups in total. The molecule has 35 heavy (non-hydrogen) atoms. The first-order valence-electron chi connectivity index (χ1n) is 10.2. The normalized spacial score (nSPS) is 16.7. The number of alkyl halides is 3. The molecule has 1 fully saturated rings. The molecule has 0 bridgehead atoms. The van der Waals surface area contributed by atoms with E-state index in [0.717, 1.165) is 48.3 Å². The average molecular weight is 513 g/mol. The number of rotatable bonds is 8. The third-order valence-corrected chi connectivity index (χ3v) is 5.78. The van der Waals surface area contributed by atoms with E-state index in [-0.39, 0.29) is 16.7 Å². The Kier molecular flexibility index (Phi) is 7.25. The Morgan fingerprint density at radius 3 is 2.74 bits per heavy atom. The zero-order chi connectivity index (χ0) is 25.0. The number of carbonyl (C=O) groups excluding carboxylic acids is 1. The lowest BCUT2D eigenvalue weighted by atomic mass is 10.1. The third-order valence-electron chi connectivity index (χ3n) is 5.01. The predicted octanol–water partition coefficient (Wildman–Crippen LogP) is 3.38. The van der Waals surface area contributed by atoms with Gasteiger partial charge in [0.05, 0.1) is 0 Å². The summed E-state index contributed by atoms with van der Waals surface area (Å²) >= 11 is 1.08. The molecule has 0 spiro atoms. The largest absolute Gasteiger partial charge is 0.573 e. The molecule has 3 aromatic rings. The molecule has 186 valence electrons. The molecule has 4 rings (SSSR count). The highest BCUT2D eigenvalue weighted by Gasteiger charge is 2.33. The van der Waals surface area contributed by atoms with Gasteiger partial charge in [0.2, 0.25) is 10.3 Å². The fourth-order valence-corrected chi connectivity index (χ4v) is 4.23. The van der Waals surface area contributed by atoms with Crippen LogP contribution in [0.2, 0.25) is 0 Å². The lowest BCUT2D eigenvalue weighted by Gasteiger charge is -2.17. The summed E-state index contributed by atoms with van der Waals surface area (Å²) in [5, 5.41) is 22.3. The van der Waals surface area contributed by atoms with Crippen LogP contribution in [0.1, 0.15) is 18.1 Å². The summed E-state index contributed by atoms with van der Waals surface area (Å²) in [4.78, 5) is 14.8. The Morgan fingerprint density at radius 2 is 2.03 bits per heavy atom. The summed E-state index contributed by atoms with van der Waals surface area (Å²) in [7, 11) is 1.19. The van der Waals surface area contributed by atoms with E-state index in [4.69, 9.17) is 4.74 Å². The first-order chi connectivity index (χ1) is 16.7. The van der Waals surface area contributed by atoms with E-state index in [0.29, 0.717) is 11.7 Å². The predicted molar refractivity (Wildman–Crippen MR) is 118 cm³/mol. The van der Waals surface area contributed by atoms with Crippen molar-refractivity contribution in [3.8, 4) is 5.75 Å². The van der Waals surface area contributed by atoms with Crippen LogP contribution < -0.4 is 20.3 Å².